The summed E-state index contributed by atoms with van der Waals surface area (Å²) in [5.74, 6) is 1.74. The van der Waals surface area contributed by atoms with Crippen LogP contribution in [0.3, 0.4) is 0 Å². The van der Waals surface area contributed by atoms with Crippen molar-refractivity contribution in [1.82, 2.24) is 4.98 Å². The quantitative estimate of drug-likeness (QED) is 0.218. The minimum atomic E-state index is -4.10. The molecule has 40 heavy (non-hydrogen) atoms. The number of fused-ring (bicyclic) bond motifs is 2. The summed E-state index contributed by atoms with van der Waals surface area (Å²) in [5, 5.41) is 0. The van der Waals surface area contributed by atoms with Crippen LogP contribution in [0, 0.1) is 0 Å². The first-order chi connectivity index (χ1) is 18.5. The van der Waals surface area contributed by atoms with Crippen molar-refractivity contribution in [3.63, 3.8) is 0 Å². The highest BCUT2D eigenvalue weighted by atomic mass is 32.2. The fraction of sp³-hybridized carbons (Fsp3) is 0.571. The monoisotopic (exact) mass is 592 g/mol. The summed E-state index contributed by atoms with van der Waals surface area (Å²) in [7, 11) is -7.19. The third-order valence-electron chi connectivity index (χ3n) is 7.63. The molecule has 10 nitrogen and oxygen atoms in total. The molecule has 0 spiro atoms. The van der Waals surface area contributed by atoms with Gasteiger partial charge in [-0.2, -0.15) is 8.42 Å². The minimum absolute atomic E-state index is 0.0588. The maximum atomic E-state index is 10.6. The highest BCUT2D eigenvalue weighted by molar-refractivity contribution is 7.86. The molecule has 2 aromatic heterocycles. The van der Waals surface area contributed by atoms with Crippen LogP contribution in [0.2, 0.25) is 0 Å². The fourth-order valence-corrected chi connectivity index (χ4v) is 6.09. The third-order valence-corrected chi connectivity index (χ3v) is 9.73. The Hall–Kier alpha value is -2.54. The second-order valence-electron chi connectivity index (χ2n) is 11.2. The van der Waals surface area contributed by atoms with Crippen molar-refractivity contribution >= 4 is 43.3 Å². The van der Waals surface area contributed by atoms with E-state index in [1.165, 1.54) is 11.1 Å². The SMILES string of the molecule is CC1=Nc2c(ccc[n+]2CCCCS(=O)(=O)[O-])C1(C)C.CC1=Nc2ncccc2C1(C)C.O=S1(=O)CCCCO1. The molecule has 0 aromatic carbocycles. The first-order valence-corrected chi connectivity index (χ1v) is 16.6. The molecule has 0 unspecified atom stereocenters. The van der Waals surface area contributed by atoms with Crippen LogP contribution in [-0.2, 0) is 41.8 Å². The van der Waals surface area contributed by atoms with Gasteiger partial charge in [0.25, 0.3) is 10.1 Å². The Morgan fingerprint density at radius 3 is 2.20 bits per heavy atom. The Morgan fingerprint density at radius 1 is 0.975 bits per heavy atom. The van der Waals surface area contributed by atoms with Gasteiger partial charge in [0, 0.05) is 28.6 Å². The first kappa shape index (κ1) is 32.0. The molecule has 0 saturated carbocycles. The van der Waals surface area contributed by atoms with Crippen molar-refractivity contribution in [1.29, 1.82) is 0 Å². The summed E-state index contributed by atoms with van der Waals surface area (Å²) in [6.45, 7) is 13.8. The second-order valence-corrected chi connectivity index (χ2v) is 14.5. The topological polar surface area (TPSA) is 142 Å². The first-order valence-electron chi connectivity index (χ1n) is 13.5. The Morgan fingerprint density at radius 2 is 1.62 bits per heavy atom. The summed E-state index contributed by atoms with van der Waals surface area (Å²) >= 11 is 0. The van der Waals surface area contributed by atoms with Gasteiger partial charge >= 0.3 is 5.82 Å². The Balaban J connectivity index is 0.000000185. The number of aliphatic imine (C=N–C) groups is 2. The van der Waals surface area contributed by atoms with E-state index in [0.717, 1.165) is 35.9 Å². The number of pyridine rings is 2. The van der Waals surface area contributed by atoms with Crippen molar-refractivity contribution in [2.24, 2.45) is 9.98 Å². The minimum Gasteiger partial charge on any atom is -0.748 e. The molecule has 2 aromatic rings. The molecule has 1 fully saturated rings. The predicted octanol–water partition coefficient (Wildman–Crippen LogP) is 4.27. The highest BCUT2D eigenvalue weighted by Gasteiger charge is 2.40. The van der Waals surface area contributed by atoms with Gasteiger partial charge in [0.2, 0.25) is 0 Å². The average molecular weight is 593 g/mol. The van der Waals surface area contributed by atoms with E-state index in [1.807, 2.05) is 29.8 Å². The standard InChI is InChI=1S/C14H20N2O3S.C10H12N2.C4H8O3S/c1-11-14(2,3)12-7-6-9-16(13(12)15-11)8-4-5-10-20(17,18)19;1-7-10(2,3)8-5-4-6-11-9(8)12-7;5-8(6)4-2-1-3-7-8/h6-7,9H,4-5,8,10H2,1-3H3;4-6H,1-3H3;1-4H2. The lowest BCUT2D eigenvalue weighted by Gasteiger charge is -2.18. The van der Waals surface area contributed by atoms with Gasteiger partial charge in [0.05, 0.1) is 46.2 Å². The zero-order chi connectivity index (χ0) is 29.8. The molecule has 220 valence electrons. The van der Waals surface area contributed by atoms with Gasteiger partial charge in [-0.3, -0.25) is 4.18 Å². The third kappa shape index (κ3) is 8.02. The van der Waals surface area contributed by atoms with Gasteiger partial charge in [-0.1, -0.05) is 19.9 Å². The van der Waals surface area contributed by atoms with Crippen LogP contribution >= 0.6 is 0 Å². The van der Waals surface area contributed by atoms with E-state index in [-0.39, 0.29) is 22.3 Å². The lowest BCUT2D eigenvalue weighted by Crippen LogP contribution is -2.35. The largest absolute Gasteiger partial charge is 0.748 e. The van der Waals surface area contributed by atoms with E-state index in [4.69, 9.17) is 0 Å². The van der Waals surface area contributed by atoms with Crippen molar-refractivity contribution in [3.05, 3.63) is 47.8 Å². The second kappa shape index (κ2) is 12.5. The molecule has 12 heteroatoms. The maximum Gasteiger partial charge on any atom is 0.327 e. The van der Waals surface area contributed by atoms with Crippen molar-refractivity contribution in [3.8, 4) is 0 Å². The Kier molecular flexibility index (Phi) is 10.0. The van der Waals surface area contributed by atoms with E-state index in [2.05, 4.69) is 65.9 Å². The van der Waals surface area contributed by atoms with E-state index < -0.39 is 20.2 Å². The van der Waals surface area contributed by atoms with Crippen LogP contribution in [0.1, 0.15) is 78.4 Å². The van der Waals surface area contributed by atoms with Crippen molar-refractivity contribution < 1.29 is 30.1 Å². The van der Waals surface area contributed by atoms with Gasteiger partial charge in [-0.25, -0.2) is 23.0 Å². The maximum absolute atomic E-state index is 10.6. The fourth-order valence-electron chi connectivity index (χ4n) is 4.48. The van der Waals surface area contributed by atoms with Gasteiger partial charge in [-0.05, 0) is 76.6 Å². The summed E-state index contributed by atoms with van der Waals surface area (Å²) in [5.41, 5.74) is 4.67. The number of rotatable bonds is 5. The van der Waals surface area contributed by atoms with E-state index >= 15 is 0 Å². The number of hydrogen-bond donors (Lipinski definition) is 0. The molecule has 0 atom stereocenters. The normalized spacial score (nSPS) is 19.6. The smallest absolute Gasteiger partial charge is 0.327 e. The lowest BCUT2D eigenvalue weighted by atomic mass is 9.83. The van der Waals surface area contributed by atoms with Crippen LogP contribution in [0.5, 0.6) is 0 Å². The summed E-state index contributed by atoms with van der Waals surface area (Å²) in [6.07, 6.45) is 6.40. The molecule has 0 radical (unpaired) electrons. The molecule has 1 saturated heterocycles. The number of hydrogen-bond acceptors (Lipinski definition) is 9. The zero-order valence-electron chi connectivity index (χ0n) is 24.2. The molecule has 0 bridgehead atoms. The zero-order valence-corrected chi connectivity index (χ0v) is 25.8. The number of unbranched alkanes of at least 4 members (excludes halogenated alkanes) is 1. The molecular formula is C28H40N4O6S2. The molecule has 3 aliphatic rings. The van der Waals surface area contributed by atoms with Crippen LogP contribution in [0.25, 0.3) is 0 Å². The van der Waals surface area contributed by atoms with Gasteiger partial charge in [0.1, 0.15) is 5.71 Å². The number of nitrogens with zero attached hydrogens (tertiary/aromatic N) is 4. The van der Waals surface area contributed by atoms with Gasteiger partial charge in [-0.15, -0.1) is 0 Å². The van der Waals surface area contributed by atoms with E-state index in [9.17, 15) is 21.4 Å². The summed E-state index contributed by atoms with van der Waals surface area (Å²) in [6, 6.07) is 8.13. The van der Waals surface area contributed by atoms with Gasteiger partial charge in [0.15, 0.2) is 5.82 Å². The number of aryl methyl sites for hydroxylation is 1. The summed E-state index contributed by atoms with van der Waals surface area (Å²) in [4.78, 5) is 13.3. The molecule has 5 rings (SSSR count). The molecule has 0 amide bonds. The average Bonchev–Trinajstić information content (AvgIpc) is 3.24. The van der Waals surface area contributed by atoms with Crippen LogP contribution in [0.15, 0.2) is 46.6 Å². The van der Waals surface area contributed by atoms with Crippen LogP contribution in [-0.4, -0.2) is 55.9 Å². The Labute approximate surface area is 238 Å². The lowest BCUT2D eigenvalue weighted by molar-refractivity contribution is -0.684. The van der Waals surface area contributed by atoms with E-state index in [0.29, 0.717) is 26.0 Å². The molecule has 0 aliphatic carbocycles. The van der Waals surface area contributed by atoms with Crippen molar-refractivity contribution in [2.75, 3.05) is 18.1 Å². The summed E-state index contributed by atoms with van der Waals surface area (Å²) < 4.78 is 59.0. The van der Waals surface area contributed by atoms with E-state index in [1.54, 1.807) is 6.20 Å². The highest BCUT2D eigenvalue weighted by Crippen LogP contribution is 2.38. The van der Waals surface area contributed by atoms with Gasteiger partial charge < -0.3 is 4.55 Å². The van der Waals surface area contributed by atoms with Crippen LogP contribution in [0.4, 0.5) is 11.6 Å². The molecule has 5 heterocycles. The molecule has 0 N–H and O–H groups in total. The van der Waals surface area contributed by atoms with Crippen LogP contribution < -0.4 is 4.57 Å². The number of aromatic nitrogens is 2. The Bertz CT molecular complexity index is 1480. The predicted molar refractivity (Wildman–Crippen MR) is 155 cm³/mol. The molecule has 3 aliphatic heterocycles. The molecular weight excluding hydrogens is 552 g/mol. The van der Waals surface area contributed by atoms with Crippen molar-refractivity contribution in [2.45, 2.75) is 84.6 Å².